The molecule has 0 saturated carbocycles. The largest absolute Gasteiger partial charge is 0.534 e. The van der Waals surface area contributed by atoms with Crippen molar-refractivity contribution in [1.29, 1.82) is 0 Å². The Bertz CT molecular complexity index is 457. The number of aromatic nitrogens is 2. The summed E-state index contributed by atoms with van der Waals surface area (Å²) in [5.74, 6) is -0.285. The van der Waals surface area contributed by atoms with E-state index >= 15 is 0 Å². The molecule has 6 heteroatoms. The lowest BCUT2D eigenvalue weighted by molar-refractivity contribution is -0.0417. The zero-order valence-corrected chi connectivity index (χ0v) is 11.2. The van der Waals surface area contributed by atoms with Gasteiger partial charge in [-0.1, -0.05) is 13.8 Å². The van der Waals surface area contributed by atoms with E-state index in [1.54, 1.807) is 14.0 Å². The van der Waals surface area contributed by atoms with E-state index in [1.165, 1.54) is 4.68 Å². The van der Waals surface area contributed by atoms with Gasteiger partial charge in [0, 0.05) is 12.4 Å². The molecule has 4 nitrogen and oxygen atoms in total. The van der Waals surface area contributed by atoms with Gasteiger partial charge in [0.15, 0.2) is 5.75 Å². The Morgan fingerprint density at radius 1 is 1.35 bits per heavy atom. The normalized spacial score (nSPS) is 21.2. The summed E-state index contributed by atoms with van der Waals surface area (Å²) in [5.41, 5.74) is 0.277. The number of nitrogens with zero attached hydrogens (tertiary/aromatic N) is 2. The SMILES string of the molecule is Cc1nn(C)c(F)c1OB1OC(C)(C)C1(C)C. The van der Waals surface area contributed by atoms with Crippen LogP contribution in [0.25, 0.3) is 0 Å². The number of aryl methyl sites for hydroxylation is 2. The fraction of sp³-hybridized carbons (Fsp3) is 0.727. The average molecular weight is 240 g/mol. The van der Waals surface area contributed by atoms with Crippen LogP contribution in [-0.2, 0) is 11.7 Å². The lowest BCUT2D eigenvalue weighted by atomic mass is 9.45. The van der Waals surface area contributed by atoms with E-state index in [9.17, 15) is 4.39 Å². The maximum Gasteiger partial charge on any atom is 0.534 e. The summed E-state index contributed by atoms with van der Waals surface area (Å²) in [6.45, 7) is 9.81. The summed E-state index contributed by atoms with van der Waals surface area (Å²) in [7, 11) is 1.11. The highest BCUT2D eigenvalue weighted by atomic mass is 19.1. The first-order valence-electron chi connectivity index (χ1n) is 5.70. The van der Waals surface area contributed by atoms with E-state index in [0.717, 1.165) is 0 Å². The molecule has 0 aliphatic carbocycles. The summed E-state index contributed by atoms with van der Waals surface area (Å²) in [6, 6.07) is 0. The third kappa shape index (κ3) is 1.66. The van der Waals surface area contributed by atoms with Crippen molar-refractivity contribution in [2.75, 3.05) is 0 Å². The van der Waals surface area contributed by atoms with Crippen molar-refractivity contribution in [2.45, 2.75) is 45.5 Å². The number of hydrogen-bond acceptors (Lipinski definition) is 3. The van der Waals surface area contributed by atoms with Gasteiger partial charge in [0.25, 0.3) is 5.95 Å². The van der Waals surface area contributed by atoms with Crippen molar-refractivity contribution >= 4 is 7.12 Å². The summed E-state index contributed by atoms with van der Waals surface area (Å²) in [4.78, 5) is 0. The maximum atomic E-state index is 13.7. The second-order valence-corrected chi connectivity index (χ2v) is 5.63. The molecular formula is C11H18BFN2O2. The fourth-order valence-electron chi connectivity index (χ4n) is 1.82. The summed E-state index contributed by atoms with van der Waals surface area (Å²) >= 11 is 0. The molecular weight excluding hydrogens is 222 g/mol. The number of rotatable bonds is 2. The summed E-state index contributed by atoms with van der Waals surface area (Å²) in [5, 5.41) is 3.80. The van der Waals surface area contributed by atoms with Crippen LogP contribution in [0.3, 0.4) is 0 Å². The van der Waals surface area contributed by atoms with E-state index < -0.39 is 13.1 Å². The minimum Gasteiger partial charge on any atom is -0.531 e. The molecule has 0 radical (unpaired) electrons. The Morgan fingerprint density at radius 3 is 2.29 bits per heavy atom. The van der Waals surface area contributed by atoms with Gasteiger partial charge in [0.2, 0.25) is 0 Å². The lowest BCUT2D eigenvalue weighted by Crippen LogP contribution is -2.64. The monoisotopic (exact) mass is 240 g/mol. The molecule has 1 aromatic rings. The quantitative estimate of drug-likeness (QED) is 0.744. The smallest absolute Gasteiger partial charge is 0.531 e. The predicted molar refractivity (Wildman–Crippen MR) is 63.5 cm³/mol. The van der Waals surface area contributed by atoms with E-state index in [0.29, 0.717) is 5.69 Å². The third-order valence-corrected chi connectivity index (χ3v) is 3.87. The van der Waals surface area contributed by atoms with Crippen molar-refractivity contribution in [3.05, 3.63) is 11.6 Å². The number of hydrogen-bond donors (Lipinski definition) is 0. The molecule has 2 heterocycles. The van der Waals surface area contributed by atoms with E-state index in [-0.39, 0.29) is 16.7 Å². The maximum absolute atomic E-state index is 13.7. The van der Waals surface area contributed by atoms with Crippen molar-refractivity contribution < 1.29 is 13.7 Å². The first-order chi connectivity index (χ1) is 7.67. The highest BCUT2D eigenvalue weighted by Crippen LogP contribution is 2.53. The van der Waals surface area contributed by atoms with Crippen LogP contribution in [0.15, 0.2) is 0 Å². The van der Waals surface area contributed by atoms with Crippen molar-refractivity contribution in [3.8, 4) is 5.75 Å². The minimum atomic E-state index is -0.466. The van der Waals surface area contributed by atoms with Gasteiger partial charge in [-0.15, -0.1) is 0 Å². The summed E-state index contributed by atoms with van der Waals surface area (Å²) in [6.07, 6.45) is 0. The van der Waals surface area contributed by atoms with Gasteiger partial charge in [0.05, 0.1) is 5.60 Å². The van der Waals surface area contributed by atoms with Crippen LogP contribution in [0.2, 0.25) is 5.31 Å². The molecule has 2 rings (SSSR count). The van der Waals surface area contributed by atoms with Gasteiger partial charge in [-0.3, -0.25) is 0 Å². The molecule has 1 fully saturated rings. The Kier molecular flexibility index (Phi) is 2.54. The van der Waals surface area contributed by atoms with Crippen molar-refractivity contribution in [3.63, 3.8) is 0 Å². The highest BCUT2D eigenvalue weighted by Gasteiger charge is 2.63. The second-order valence-electron chi connectivity index (χ2n) is 5.63. The molecule has 0 bridgehead atoms. The molecule has 1 aliphatic heterocycles. The zero-order chi connectivity index (χ0) is 13.0. The van der Waals surface area contributed by atoms with Gasteiger partial charge in [-0.2, -0.15) is 9.49 Å². The van der Waals surface area contributed by atoms with Crippen LogP contribution in [0.4, 0.5) is 4.39 Å². The molecule has 0 spiro atoms. The Balaban J connectivity index is 2.19. The average Bonchev–Trinajstić information content (AvgIpc) is 2.43. The van der Waals surface area contributed by atoms with Crippen LogP contribution in [0.5, 0.6) is 5.75 Å². The Morgan fingerprint density at radius 2 is 1.94 bits per heavy atom. The standard InChI is InChI=1S/C11H18BFN2O2/c1-7-8(9(13)15(6)14-7)16-12-10(2,3)11(4,5)17-12/h1-6H3. The Labute approximate surface area is 101 Å². The zero-order valence-electron chi connectivity index (χ0n) is 11.2. The van der Waals surface area contributed by atoms with E-state index in [4.69, 9.17) is 9.31 Å². The van der Waals surface area contributed by atoms with E-state index in [2.05, 4.69) is 5.10 Å². The molecule has 0 atom stereocenters. The molecule has 0 unspecified atom stereocenters. The molecule has 17 heavy (non-hydrogen) atoms. The second kappa shape index (κ2) is 3.48. The molecule has 0 aromatic carbocycles. The van der Waals surface area contributed by atoms with Gasteiger partial charge in [-0.25, -0.2) is 4.68 Å². The van der Waals surface area contributed by atoms with Crippen LogP contribution in [0.1, 0.15) is 33.4 Å². The molecule has 0 N–H and O–H groups in total. The first-order valence-corrected chi connectivity index (χ1v) is 5.70. The third-order valence-electron chi connectivity index (χ3n) is 3.87. The van der Waals surface area contributed by atoms with Crippen molar-refractivity contribution in [1.82, 2.24) is 9.78 Å². The highest BCUT2D eigenvalue weighted by molar-refractivity contribution is 6.53. The lowest BCUT2D eigenvalue weighted by Gasteiger charge is -2.54. The molecule has 94 valence electrons. The Hall–Kier alpha value is -1.04. The summed E-state index contributed by atoms with van der Waals surface area (Å²) < 4.78 is 26.1. The van der Waals surface area contributed by atoms with Gasteiger partial charge >= 0.3 is 7.12 Å². The molecule has 1 aliphatic rings. The predicted octanol–water partition coefficient (Wildman–Crippen LogP) is 2.32. The fourth-order valence-corrected chi connectivity index (χ4v) is 1.82. The van der Waals surface area contributed by atoms with Gasteiger partial charge in [-0.05, 0) is 20.8 Å². The van der Waals surface area contributed by atoms with E-state index in [1.807, 2.05) is 27.7 Å². The molecule has 1 saturated heterocycles. The molecule has 1 aromatic heterocycles. The number of halogens is 1. The van der Waals surface area contributed by atoms with Gasteiger partial charge in [0.1, 0.15) is 5.69 Å². The van der Waals surface area contributed by atoms with Crippen LogP contribution in [-0.4, -0.2) is 22.5 Å². The van der Waals surface area contributed by atoms with Crippen molar-refractivity contribution in [2.24, 2.45) is 7.05 Å². The van der Waals surface area contributed by atoms with Crippen LogP contribution >= 0.6 is 0 Å². The van der Waals surface area contributed by atoms with Crippen LogP contribution < -0.4 is 4.65 Å². The molecule has 0 amide bonds. The van der Waals surface area contributed by atoms with Crippen LogP contribution in [0, 0.1) is 12.9 Å². The first kappa shape index (κ1) is 12.4. The topological polar surface area (TPSA) is 36.3 Å². The van der Waals surface area contributed by atoms with Gasteiger partial charge < -0.3 is 9.31 Å². The minimum absolute atomic E-state index is 0.165.